The van der Waals surface area contributed by atoms with E-state index in [4.69, 9.17) is 10.5 Å². The Morgan fingerprint density at radius 2 is 1.87 bits per heavy atom. The largest absolute Gasteiger partial charge is 0.463 e. The van der Waals surface area contributed by atoms with Crippen molar-refractivity contribution in [2.45, 2.75) is 31.9 Å². The minimum absolute atomic E-state index is 0.166. The number of nitrogen functional groups attached to an aromatic ring is 1. The van der Waals surface area contributed by atoms with Crippen LogP contribution in [-0.2, 0) is 5.41 Å². The topological polar surface area (TPSA) is 38.5 Å². The Bertz CT molecular complexity index is 838. The number of fused-ring (bicyclic) bond motifs is 2. The van der Waals surface area contributed by atoms with E-state index in [1.807, 2.05) is 12.1 Å². The molecule has 2 aromatic carbocycles. The molecule has 0 aliphatic carbocycles. The second-order valence-corrected chi connectivity index (χ2v) is 7.09. The number of hydrogen-bond donors (Lipinski definition) is 1. The van der Waals surface area contributed by atoms with Gasteiger partial charge in [-0.3, -0.25) is 0 Å². The maximum atomic E-state index is 6.66. The summed E-state index contributed by atoms with van der Waals surface area (Å²) in [5.74, 6) is 0.925. The Morgan fingerprint density at radius 1 is 1.13 bits per heavy atom. The summed E-state index contributed by atoms with van der Waals surface area (Å²) in [4.78, 5) is 2.25. The van der Waals surface area contributed by atoms with E-state index in [0.717, 1.165) is 22.6 Å². The van der Waals surface area contributed by atoms with Crippen molar-refractivity contribution in [1.29, 1.82) is 0 Å². The molecule has 1 spiro atoms. The molecule has 0 saturated carbocycles. The Kier molecular flexibility index (Phi) is 2.66. The van der Waals surface area contributed by atoms with Crippen LogP contribution in [0.1, 0.15) is 30.5 Å². The van der Waals surface area contributed by atoms with Crippen molar-refractivity contribution in [2.75, 3.05) is 17.7 Å². The molecule has 0 radical (unpaired) electrons. The Labute approximate surface area is 137 Å². The summed E-state index contributed by atoms with van der Waals surface area (Å²) in [7, 11) is 2.11. The molecule has 23 heavy (non-hydrogen) atoms. The normalized spacial score (nSPS) is 23.6. The third-order valence-electron chi connectivity index (χ3n) is 5.40. The third kappa shape index (κ3) is 1.65. The molecule has 0 amide bonds. The van der Waals surface area contributed by atoms with E-state index in [0.29, 0.717) is 0 Å². The van der Waals surface area contributed by atoms with Crippen LogP contribution < -0.4 is 15.4 Å². The van der Waals surface area contributed by atoms with Gasteiger partial charge in [-0.1, -0.05) is 18.2 Å². The maximum Gasteiger partial charge on any atom is 0.211 e. The third-order valence-corrected chi connectivity index (χ3v) is 5.40. The number of anilines is 2. The Balaban J connectivity index is 1.92. The predicted octanol–water partition coefficient (Wildman–Crippen LogP) is 4.11. The summed E-state index contributed by atoms with van der Waals surface area (Å²) >= 11 is 0. The Morgan fingerprint density at radius 3 is 2.61 bits per heavy atom. The van der Waals surface area contributed by atoms with Gasteiger partial charge in [-0.15, -0.1) is 0 Å². The van der Waals surface area contributed by atoms with E-state index in [9.17, 15) is 0 Å². The first-order chi connectivity index (χ1) is 10.9. The molecule has 1 unspecified atom stereocenters. The average Bonchev–Trinajstić information content (AvgIpc) is 2.68. The minimum Gasteiger partial charge on any atom is -0.463 e. The lowest BCUT2D eigenvalue weighted by atomic mass is 9.76. The zero-order valence-electron chi connectivity index (χ0n) is 14.1. The first kappa shape index (κ1) is 14.2. The molecule has 0 aromatic heterocycles. The molecule has 2 aliphatic heterocycles. The van der Waals surface area contributed by atoms with Gasteiger partial charge in [-0.25, -0.2) is 0 Å². The molecule has 2 heterocycles. The van der Waals surface area contributed by atoms with Crippen molar-refractivity contribution in [3.8, 4) is 5.75 Å². The molecule has 3 heteroatoms. The first-order valence-corrected chi connectivity index (χ1v) is 7.98. The van der Waals surface area contributed by atoms with Gasteiger partial charge >= 0.3 is 0 Å². The van der Waals surface area contributed by atoms with Crippen LogP contribution in [0.15, 0.2) is 42.5 Å². The number of para-hydroxylation sites is 1. The van der Waals surface area contributed by atoms with E-state index < -0.39 is 5.72 Å². The van der Waals surface area contributed by atoms with E-state index in [1.165, 1.54) is 11.3 Å². The van der Waals surface area contributed by atoms with Gasteiger partial charge in [-0.2, -0.15) is 0 Å². The molecule has 0 fully saturated rings. The number of likely N-dealkylation sites (N-methyl/N-ethyl adjacent to an activating group) is 1. The lowest BCUT2D eigenvalue weighted by Gasteiger charge is -2.46. The fraction of sp³-hybridized carbons (Fsp3) is 0.300. The van der Waals surface area contributed by atoms with E-state index in [-0.39, 0.29) is 5.41 Å². The monoisotopic (exact) mass is 306 g/mol. The summed E-state index contributed by atoms with van der Waals surface area (Å²) in [6.07, 6.45) is 4.32. The van der Waals surface area contributed by atoms with Crippen LogP contribution in [0.4, 0.5) is 11.4 Å². The molecule has 4 rings (SSSR count). The highest BCUT2D eigenvalue weighted by molar-refractivity contribution is 5.74. The quantitative estimate of drug-likeness (QED) is 0.745. The molecule has 2 N–H and O–H groups in total. The van der Waals surface area contributed by atoms with Crippen LogP contribution in [-0.4, -0.2) is 12.8 Å². The van der Waals surface area contributed by atoms with Crippen LogP contribution in [0.5, 0.6) is 5.75 Å². The van der Waals surface area contributed by atoms with E-state index >= 15 is 0 Å². The summed E-state index contributed by atoms with van der Waals surface area (Å²) < 4.78 is 6.66. The number of ether oxygens (including phenoxy) is 1. The summed E-state index contributed by atoms with van der Waals surface area (Å²) in [5.41, 5.74) is 10.7. The van der Waals surface area contributed by atoms with Gasteiger partial charge in [0.2, 0.25) is 5.72 Å². The number of nitrogens with zero attached hydrogens (tertiary/aromatic N) is 1. The summed E-state index contributed by atoms with van der Waals surface area (Å²) in [6.45, 7) is 6.55. The van der Waals surface area contributed by atoms with Crippen LogP contribution in [0.3, 0.4) is 0 Å². The minimum atomic E-state index is -0.523. The first-order valence-electron chi connectivity index (χ1n) is 7.98. The molecule has 0 saturated heterocycles. The zero-order valence-corrected chi connectivity index (χ0v) is 14.1. The zero-order chi connectivity index (χ0) is 16.4. The number of aryl methyl sites for hydroxylation is 1. The molecule has 3 nitrogen and oxygen atoms in total. The van der Waals surface area contributed by atoms with Gasteiger partial charge in [0.05, 0.1) is 5.41 Å². The van der Waals surface area contributed by atoms with Gasteiger partial charge in [-0.05, 0) is 62.2 Å². The highest BCUT2D eigenvalue weighted by atomic mass is 16.5. The molecular weight excluding hydrogens is 284 g/mol. The van der Waals surface area contributed by atoms with E-state index in [1.54, 1.807) is 0 Å². The number of hydrogen-bond acceptors (Lipinski definition) is 3. The lowest BCUT2D eigenvalue weighted by Crippen LogP contribution is -2.58. The van der Waals surface area contributed by atoms with Crippen LogP contribution in [0.25, 0.3) is 6.08 Å². The highest BCUT2D eigenvalue weighted by Crippen LogP contribution is 2.54. The Hall–Kier alpha value is -2.42. The van der Waals surface area contributed by atoms with Crippen molar-refractivity contribution in [1.82, 2.24) is 0 Å². The van der Waals surface area contributed by atoms with Crippen LogP contribution >= 0.6 is 0 Å². The molecular formula is C20H22N2O. The number of rotatable bonds is 0. The second-order valence-electron chi connectivity index (χ2n) is 7.09. The van der Waals surface area contributed by atoms with Crippen molar-refractivity contribution in [2.24, 2.45) is 0 Å². The molecule has 2 aromatic rings. The highest BCUT2D eigenvalue weighted by Gasteiger charge is 2.57. The van der Waals surface area contributed by atoms with Crippen LogP contribution in [0.2, 0.25) is 0 Å². The fourth-order valence-corrected chi connectivity index (χ4v) is 4.09. The van der Waals surface area contributed by atoms with E-state index in [2.05, 4.69) is 69.1 Å². The SMILES string of the molecule is Cc1cc(N)cc2c1OC1(C=C2)N(C)c2ccccc2C1(C)C. The van der Waals surface area contributed by atoms with Crippen molar-refractivity contribution < 1.29 is 4.74 Å². The standard InChI is InChI=1S/C20H22N2O/c1-13-11-15(21)12-14-9-10-20(23-18(13)14)19(2,3)16-7-5-6-8-17(16)22(20)4/h5-12H,21H2,1-4H3. The van der Waals surface area contributed by atoms with Crippen molar-refractivity contribution in [3.63, 3.8) is 0 Å². The molecule has 2 aliphatic rings. The fourth-order valence-electron chi connectivity index (χ4n) is 4.09. The van der Waals surface area contributed by atoms with Gasteiger partial charge in [0.1, 0.15) is 5.75 Å². The van der Waals surface area contributed by atoms with Gasteiger partial charge in [0, 0.05) is 24.0 Å². The molecule has 1 atom stereocenters. The second kappa shape index (κ2) is 4.31. The average molecular weight is 306 g/mol. The van der Waals surface area contributed by atoms with Gasteiger partial charge < -0.3 is 15.4 Å². The van der Waals surface area contributed by atoms with Crippen molar-refractivity contribution in [3.05, 3.63) is 59.2 Å². The summed E-state index contributed by atoms with van der Waals surface area (Å²) in [6, 6.07) is 12.5. The molecule has 0 bridgehead atoms. The smallest absolute Gasteiger partial charge is 0.211 e. The lowest BCUT2D eigenvalue weighted by molar-refractivity contribution is 0.0574. The number of benzene rings is 2. The van der Waals surface area contributed by atoms with Crippen molar-refractivity contribution >= 4 is 17.5 Å². The number of nitrogens with two attached hydrogens (primary N) is 1. The van der Waals surface area contributed by atoms with Gasteiger partial charge in [0.15, 0.2) is 0 Å². The molecule has 118 valence electrons. The summed E-state index contributed by atoms with van der Waals surface area (Å²) in [5, 5.41) is 0. The predicted molar refractivity (Wildman–Crippen MR) is 95.9 cm³/mol. The van der Waals surface area contributed by atoms with Gasteiger partial charge in [0.25, 0.3) is 0 Å². The van der Waals surface area contributed by atoms with Crippen LogP contribution in [0, 0.1) is 6.92 Å². The maximum absolute atomic E-state index is 6.66.